The number of likely N-dealkylation sites (tertiary alicyclic amines) is 1. The molecule has 0 radical (unpaired) electrons. The quantitative estimate of drug-likeness (QED) is 0.698. The molecule has 0 aromatic rings. The Morgan fingerprint density at radius 3 is 2.54 bits per heavy atom. The maximum Gasteiger partial charge on any atom is 0.410 e. The minimum absolute atomic E-state index is 0.0538. The predicted octanol–water partition coefficient (Wildman–Crippen LogP) is 0.954. The average molecular weight is 186 g/mol. The Kier molecular flexibility index (Phi) is 2.81. The molecule has 4 heteroatoms. The molecule has 4 nitrogen and oxygen atoms in total. The first kappa shape index (κ1) is 10.3. The van der Waals surface area contributed by atoms with Crippen LogP contribution < -0.4 is 5.73 Å². The van der Waals surface area contributed by atoms with Crippen molar-refractivity contribution in [1.82, 2.24) is 4.90 Å². The molecule has 1 fully saturated rings. The second kappa shape index (κ2) is 3.54. The molecule has 0 atom stereocenters. The van der Waals surface area contributed by atoms with E-state index in [2.05, 4.69) is 0 Å². The van der Waals surface area contributed by atoms with E-state index in [0.717, 1.165) is 6.42 Å². The Hall–Kier alpha value is -0.770. The van der Waals surface area contributed by atoms with Gasteiger partial charge in [-0.2, -0.15) is 0 Å². The van der Waals surface area contributed by atoms with Gasteiger partial charge in [0.15, 0.2) is 0 Å². The van der Waals surface area contributed by atoms with Gasteiger partial charge in [-0.25, -0.2) is 4.79 Å². The summed E-state index contributed by atoms with van der Waals surface area (Å²) in [6, 6.07) is 0. The van der Waals surface area contributed by atoms with Gasteiger partial charge in [0.2, 0.25) is 0 Å². The Morgan fingerprint density at radius 2 is 2.15 bits per heavy atom. The smallest absolute Gasteiger partial charge is 0.410 e. The van der Waals surface area contributed by atoms with Crippen LogP contribution in [0.2, 0.25) is 0 Å². The lowest BCUT2D eigenvalue weighted by molar-refractivity contribution is 0.0243. The minimum atomic E-state index is -0.246. The van der Waals surface area contributed by atoms with Gasteiger partial charge in [0, 0.05) is 13.1 Å². The van der Waals surface area contributed by atoms with Crippen molar-refractivity contribution in [3.8, 4) is 0 Å². The number of hydrogen-bond donors (Lipinski definition) is 1. The van der Waals surface area contributed by atoms with Crippen LogP contribution in [0.3, 0.4) is 0 Å². The van der Waals surface area contributed by atoms with Crippen LogP contribution in [0.5, 0.6) is 0 Å². The van der Waals surface area contributed by atoms with E-state index in [1.165, 1.54) is 0 Å². The first-order valence-electron chi connectivity index (χ1n) is 4.71. The Labute approximate surface area is 79.0 Å². The van der Waals surface area contributed by atoms with Gasteiger partial charge < -0.3 is 15.4 Å². The lowest BCUT2D eigenvalue weighted by Crippen LogP contribution is -2.68. The van der Waals surface area contributed by atoms with Crippen molar-refractivity contribution in [3.63, 3.8) is 0 Å². The molecule has 13 heavy (non-hydrogen) atoms. The van der Waals surface area contributed by atoms with Gasteiger partial charge in [-0.15, -0.1) is 0 Å². The van der Waals surface area contributed by atoms with E-state index in [1.54, 1.807) is 4.90 Å². The molecule has 1 saturated heterocycles. The fourth-order valence-electron chi connectivity index (χ4n) is 1.34. The zero-order chi connectivity index (χ0) is 10.1. The van der Waals surface area contributed by atoms with Gasteiger partial charge in [0.25, 0.3) is 0 Å². The first-order valence-corrected chi connectivity index (χ1v) is 4.71. The van der Waals surface area contributed by atoms with E-state index in [4.69, 9.17) is 10.5 Å². The molecule has 2 N–H and O–H groups in total. The molecule has 0 bridgehead atoms. The summed E-state index contributed by atoms with van der Waals surface area (Å²) in [4.78, 5) is 12.9. The third kappa shape index (κ3) is 2.34. The number of carbonyl (C=O) groups is 1. The highest BCUT2D eigenvalue weighted by Crippen LogP contribution is 2.22. The zero-order valence-corrected chi connectivity index (χ0v) is 8.54. The van der Waals surface area contributed by atoms with Crippen LogP contribution >= 0.6 is 0 Å². The Balaban J connectivity index is 2.31. The molecule has 0 aromatic heterocycles. The van der Waals surface area contributed by atoms with Crippen LogP contribution in [0, 0.1) is 0 Å². The lowest BCUT2D eigenvalue weighted by Gasteiger charge is -2.46. The molecule has 0 spiro atoms. The second-order valence-electron chi connectivity index (χ2n) is 4.00. The average Bonchev–Trinajstić information content (AvgIpc) is 1.97. The molecule has 0 saturated carbocycles. The molecule has 1 rings (SSSR count). The summed E-state index contributed by atoms with van der Waals surface area (Å²) in [6.45, 7) is 6.95. The van der Waals surface area contributed by atoms with Crippen LogP contribution in [0.25, 0.3) is 0 Å². The van der Waals surface area contributed by atoms with Gasteiger partial charge in [-0.3, -0.25) is 0 Å². The lowest BCUT2D eigenvalue weighted by atomic mass is 9.89. The van der Waals surface area contributed by atoms with Gasteiger partial charge in [0.05, 0.1) is 11.6 Å². The summed E-state index contributed by atoms with van der Waals surface area (Å²) < 4.78 is 5.02. The summed E-state index contributed by atoms with van der Waals surface area (Å²) >= 11 is 0. The zero-order valence-electron chi connectivity index (χ0n) is 8.54. The molecule has 0 aliphatic carbocycles. The second-order valence-corrected chi connectivity index (χ2v) is 4.00. The summed E-state index contributed by atoms with van der Waals surface area (Å²) in [5, 5.41) is 0. The fraction of sp³-hybridized carbons (Fsp3) is 0.889. The minimum Gasteiger partial charge on any atom is -0.447 e. The largest absolute Gasteiger partial charge is 0.447 e. The van der Waals surface area contributed by atoms with Crippen LogP contribution in [0.15, 0.2) is 0 Å². The number of carbonyl (C=O) groups excluding carboxylic acids is 1. The standard InChI is InChI=1S/C9H18N2O2/c1-4-9(10)5-11(6-9)8(12)13-7(2)3/h7H,4-6,10H2,1-3H3. The number of ether oxygens (including phenoxy) is 1. The van der Waals surface area contributed by atoms with Crippen LogP contribution in [0.1, 0.15) is 27.2 Å². The van der Waals surface area contributed by atoms with E-state index in [1.807, 2.05) is 20.8 Å². The topological polar surface area (TPSA) is 55.6 Å². The van der Waals surface area contributed by atoms with Crippen molar-refractivity contribution in [3.05, 3.63) is 0 Å². The summed E-state index contributed by atoms with van der Waals surface area (Å²) in [5.74, 6) is 0. The number of hydrogen-bond acceptors (Lipinski definition) is 3. The predicted molar refractivity (Wildman–Crippen MR) is 50.4 cm³/mol. The van der Waals surface area contributed by atoms with Gasteiger partial charge in [-0.05, 0) is 20.3 Å². The highest BCUT2D eigenvalue weighted by Gasteiger charge is 2.41. The third-order valence-corrected chi connectivity index (χ3v) is 2.31. The number of rotatable bonds is 2. The van der Waals surface area contributed by atoms with Crippen molar-refractivity contribution in [2.75, 3.05) is 13.1 Å². The van der Waals surface area contributed by atoms with Crippen LogP contribution in [-0.2, 0) is 4.74 Å². The van der Waals surface area contributed by atoms with Gasteiger partial charge in [0.1, 0.15) is 0 Å². The molecule has 1 amide bonds. The fourth-order valence-corrected chi connectivity index (χ4v) is 1.34. The molecule has 1 aliphatic heterocycles. The van der Waals surface area contributed by atoms with E-state index in [-0.39, 0.29) is 17.7 Å². The molecular formula is C9H18N2O2. The summed E-state index contributed by atoms with van der Waals surface area (Å²) in [7, 11) is 0. The first-order chi connectivity index (χ1) is 5.97. The molecule has 1 aliphatic rings. The number of amides is 1. The third-order valence-electron chi connectivity index (χ3n) is 2.31. The Bertz CT molecular complexity index is 198. The highest BCUT2D eigenvalue weighted by molar-refractivity contribution is 5.69. The van der Waals surface area contributed by atoms with E-state index < -0.39 is 0 Å². The molecular weight excluding hydrogens is 168 g/mol. The van der Waals surface area contributed by atoms with Crippen LogP contribution in [0.4, 0.5) is 4.79 Å². The highest BCUT2D eigenvalue weighted by atomic mass is 16.6. The van der Waals surface area contributed by atoms with Crippen molar-refractivity contribution >= 4 is 6.09 Å². The van der Waals surface area contributed by atoms with Crippen molar-refractivity contribution in [2.24, 2.45) is 5.73 Å². The van der Waals surface area contributed by atoms with Crippen molar-refractivity contribution in [2.45, 2.75) is 38.8 Å². The van der Waals surface area contributed by atoms with E-state index in [0.29, 0.717) is 13.1 Å². The molecule has 0 aromatic carbocycles. The maximum atomic E-state index is 11.3. The molecule has 76 valence electrons. The summed E-state index contributed by atoms with van der Waals surface area (Å²) in [5.41, 5.74) is 5.74. The van der Waals surface area contributed by atoms with Gasteiger partial charge >= 0.3 is 6.09 Å². The van der Waals surface area contributed by atoms with Gasteiger partial charge in [-0.1, -0.05) is 6.92 Å². The van der Waals surface area contributed by atoms with E-state index in [9.17, 15) is 4.79 Å². The Morgan fingerprint density at radius 1 is 1.62 bits per heavy atom. The molecule has 1 heterocycles. The molecule has 0 unspecified atom stereocenters. The van der Waals surface area contributed by atoms with Crippen molar-refractivity contribution in [1.29, 1.82) is 0 Å². The monoisotopic (exact) mass is 186 g/mol. The van der Waals surface area contributed by atoms with Crippen LogP contribution in [-0.4, -0.2) is 35.7 Å². The van der Waals surface area contributed by atoms with Crippen molar-refractivity contribution < 1.29 is 9.53 Å². The SMILES string of the molecule is CCC1(N)CN(C(=O)OC(C)C)C1. The van der Waals surface area contributed by atoms with E-state index >= 15 is 0 Å². The summed E-state index contributed by atoms with van der Waals surface area (Å²) in [6.07, 6.45) is 0.602. The number of nitrogens with two attached hydrogens (primary N) is 1. The normalized spacial score (nSPS) is 19.9. The maximum absolute atomic E-state index is 11.3. The number of nitrogens with zero attached hydrogens (tertiary/aromatic N) is 1.